The van der Waals surface area contributed by atoms with Crippen LogP contribution in [0.5, 0.6) is 0 Å². The molecule has 1 heterocycles. The van der Waals surface area contributed by atoms with Crippen LogP contribution in [-0.2, 0) is 14.6 Å². The molecule has 4 heteroatoms. The average molecular weight is 253 g/mol. The fourth-order valence-corrected chi connectivity index (χ4v) is 4.07. The Morgan fingerprint density at radius 1 is 1.17 bits per heavy atom. The second-order valence-electron chi connectivity index (χ2n) is 6.23. The summed E-state index contributed by atoms with van der Waals surface area (Å²) < 4.78 is 5.65. The Morgan fingerprint density at radius 2 is 1.89 bits per heavy atom. The molecule has 3 rings (SSSR count). The molecular weight excluding hydrogens is 232 g/mol. The molecule has 2 saturated carbocycles. The van der Waals surface area contributed by atoms with Gasteiger partial charge >= 0.3 is 5.97 Å². The van der Waals surface area contributed by atoms with Crippen LogP contribution in [0.25, 0.3) is 0 Å². The van der Waals surface area contributed by atoms with Crippen LogP contribution >= 0.6 is 0 Å². The number of carboxylic acids is 1. The third-order valence-electron chi connectivity index (χ3n) is 5.16. The molecule has 1 saturated heterocycles. The molecule has 1 radical (unpaired) electrons. The maximum absolute atomic E-state index is 12.7. The van der Waals surface area contributed by atoms with E-state index < -0.39 is 17.2 Å². The molecule has 0 aromatic rings. The van der Waals surface area contributed by atoms with Crippen molar-refractivity contribution in [3.63, 3.8) is 0 Å². The van der Waals surface area contributed by atoms with Gasteiger partial charge in [-0.05, 0) is 31.6 Å². The van der Waals surface area contributed by atoms with Gasteiger partial charge < -0.3 is 9.84 Å². The molecule has 3 unspecified atom stereocenters. The monoisotopic (exact) mass is 253 g/mol. The first-order chi connectivity index (χ1) is 8.58. The van der Waals surface area contributed by atoms with Gasteiger partial charge in [0.15, 0.2) is 0 Å². The van der Waals surface area contributed by atoms with Gasteiger partial charge in [0, 0.05) is 0 Å². The van der Waals surface area contributed by atoms with Crippen LogP contribution in [0, 0.1) is 5.92 Å². The minimum atomic E-state index is -1.90. The van der Waals surface area contributed by atoms with Gasteiger partial charge in [-0.25, -0.2) is 9.90 Å². The van der Waals surface area contributed by atoms with Crippen molar-refractivity contribution in [2.45, 2.75) is 75.1 Å². The molecule has 0 bridgehead atoms. The van der Waals surface area contributed by atoms with Gasteiger partial charge in [-0.1, -0.05) is 32.1 Å². The zero-order chi connectivity index (χ0) is 12.8. The Labute approximate surface area is 107 Å². The maximum Gasteiger partial charge on any atom is 0.342 e. The highest BCUT2D eigenvalue weighted by Gasteiger charge is 2.74. The topological polar surface area (TPSA) is 69.7 Å². The smallest absolute Gasteiger partial charge is 0.342 e. The van der Waals surface area contributed by atoms with E-state index in [9.17, 15) is 15.0 Å². The second kappa shape index (κ2) is 4.20. The lowest BCUT2D eigenvalue weighted by Gasteiger charge is -2.34. The van der Waals surface area contributed by atoms with Crippen LogP contribution in [0.3, 0.4) is 0 Å². The number of carbonyl (C=O) groups is 1. The summed E-state index contributed by atoms with van der Waals surface area (Å²) in [7, 11) is 0. The first-order valence-electron chi connectivity index (χ1n) is 7.20. The van der Waals surface area contributed by atoms with Crippen LogP contribution in [0.4, 0.5) is 0 Å². The lowest BCUT2D eigenvalue weighted by Crippen LogP contribution is -2.55. The number of hydrogen-bond donors (Lipinski definition) is 1. The molecule has 0 aromatic heterocycles. The van der Waals surface area contributed by atoms with E-state index in [4.69, 9.17) is 4.74 Å². The maximum atomic E-state index is 12.7. The van der Waals surface area contributed by atoms with E-state index in [1.165, 1.54) is 19.3 Å². The van der Waals surface area contributed by atoms with E-state index >= 15 is 0 Å². The molecular formula is C14H21O4. The fourth-order valence-electron chi connectivity index (χ4n) is 4.07. The summed E-state index contributed by atoms with van der Waals surface area (Å²) in [6, 6.07) is 0. The molecule has 101 valence electrons. The Kier molecular flexibility index (Phi) is 2.90. The van der Waals surface area contributed by atoms with Crippen LogP contribution in [0.2, 0.25) is 0 Å². The molecule has 3 atom stereocenters. The largest absolute Gasteiger partial charge is 0.479 e. The Bertz CT molecular complexity index is 350. The zero-order valence-corrected chi connectivity index (χ0v) is 10.7. The first kappa shape index (κ1) is 12.4. The number of epoxide rings is 1. The number of rotatable bonds is 3. The summed E-state index contributed by atoms with van der Waals surface area (Å²) in [6.45, 7) is 0. The van der Waals surface area contributed by atoms with Gasteiger partial charge in [0.2, 0.25) is 5.60 Å². The van der Waals surface area contributed by atoms with Gasteiger partial charge in [0.25, 0.3) is 0 Å². The van der Waals surface area contributed by atoms with Crippen molar-refractivity contribution < 1.29 is 19.7 Å². The SMILES string of the molecule is [O]C1(C(=O)O)CCCC2OC21CC1CCCCC1. The zero-order valence-electron chi connectivity index (χ0n) is 10.7. The number of ether oxygens (including phenoxy) is 1. The molecule has 3 fully saturated rings. The van der Waals surface area contributed by atoms with Gasteiger partial charge in [-0.3, -0.25) is 0 Å². The van der Waals surface area contributed by atoms with E-state index in [0.29, 0.717) is 18.8 Å². The summed E-state index contributed by atoms with van der Waals surface area (Å²) >= 11 is 0. The van der Waals surface area contributed by atoms with Crippen LogP contribution in [-0.4, -0.2) is 28.4 Å². The second-order valence-corrected chi connectivity index (χ2v) is 6.23. The highest BCUT2D eigenvalue weighted by Crippen LogP contribution is 2.58. The summed E-state index contributed by atoms with van der Waals surface area (Å²) in [5.74, 6) is -0.713. The predicted molar refractivity (Wildman–Crippen MR) is 63.7 cm³/mol. The standard InChI is InChI=1S/C14H21O4/c15-12(16)13(17)8-4-7-11-14(13,18-11)9-10-5-2-1-3-6-10/h10-11H,1-9H2,(H,15,16). The van der Waals surface area contributed by atoms with Gasteiger partial charge in [0.1, 0.15) is 5.60 Å². The lowest BCUT2D eigenvalue weighted by atomic mass is 9.69. The molecule has 1 aliphatic heterocycles. The minimum Gasteiger partial charge on any atom is -0.479 e. The summed E-state index contributed by atoms with van der Waals surface area (Å²) in [6.07, 6.45) is 8.34. The Hall–Kier alpha value is -0.610. The molecule has 1 N–H and O–H groups in total. The number of carboxylic acid groups (broad SMARTS) is 1. The van der Waals surface area contributed by atoms with Gasteiger partial charge in [-0.15, -0.1) is 0 Å². The first-order valence-corrected chi connectivity index (χ1v) is 7.20. The molecule has 2 aliphatic carbocycles. The third-order valence-corrected chi connectivity index (χ3v) is 5.16. The number of hydrogen-bond acceptors (Lipinski definition) is 2. The minimum absolute atomic E-state index is 0.0817. The lowest BCUT2D eigenvalue weighted by molar-refractivity contribution is -0.182. The molecule has 0 aromatic carbocycles. The average Bonchev–Trinajstić information content (AvgIpc) is 3.06. The van der Waals surface area contributed by atoms with Crippen molar-refractivity contribution in [3.8, 4) is 0 Å². The highest BCUT2D eigenvalue weighted by molar-refractivity contribution is 5.80. The molecule has 0 spiro atoms. The van der Waals surface area contributed by atoms with Crippen molar-refractivity contribution in [1.82, 2.24) is 0 Å². The number of aliphatic carboxylic acids is 1. The van der Waals surface area contributed by atoms with Crippen molar-refractivity contribution in [1.29, 1.82) is 0 Å². The highest BCUT2D eigenvalue weighted by atomic mass is 16.6. The Morgan fingerprint density at radius 3 is 2.56 bits per heavy atom. The van der Waals surface area contributed by atoms with Crippen molar-refractivity contribution in [3.05, 3.63) is 0 Å². The van der Waals surface area contributed by atoms with Crippen molar-refractivity contribution in [2.75, 3.05) is 0 Å². The summed E-state index contributed by atoms with van der Waals surface area (Å²) in [5.41, 5.74) is -2.77. The van der Waals surface area contributed by atoms with Gasteiger partial charge in [-0.2, -0.15) is 0 Å². The quantitative estimate of drug-likeness (QED) is 0.786. The van der Waals surface area contributed by atoms with Crippen LogP contribution < -0.4 is 0 Å². The normalized spacial score (nSPS) is 44.4. The van der Waals surface area contributed by atoms with Crippen LogP contribution in [0.1, 0.15) is 57.8 Å². The van der Waals surface area contributed by atoms with E-state index in [2.05, 4.69) is 0 Å². The molecule has 3 aliphatic rings. The predicted octanol–water partition coefficient (Wildman–Crippen LogP) is 2.53. The summed E-state index contributed by atoms with van der Waals surface area (Å²) in [5, 5.41) is 22.0. The van der Waals surface area contributed by atoms with E-state index in [1.807, 2.05) is 0 Å². The number of fused-ring (bicyclic) bond motifs is 1. The summed E-state index contributed by atoms with van der Waals surface area (Å²) in [4.78, 5) is 11.4. The van der Waals surface area contributed by atoms with E-state index in [0.717, 1.165) is 19.3 Å². The fraction of sp³-hybridized carbons (Fsp3) is 0.929. The van der Waals surface area contributed by atoms with E-state index in [1.54, 1.807) is 0 Å². The van der Waals surface area contributed by atoms with Gasteiger partial charge in [0.05, 0.1) is 6.10 Å². The molecule has 0 amide bonds. The Balaban J connectivity index is 1.77. The van der Waals surface area contributed by atoms with Crippen molar-refractivity contribution >= 4 is 5.97 Å². The molecule has 4 nitrogen and oxygen atoms in total. The van der Waals surface area contributed by atoms with E-state index in [-0.39, 0.29) is 12.5 Å². The van der Waals surface area contributed by atoms with Crippen LogP contribution in [0.15, 0.2) is 0 Å². The van der Waals surface area contributed by atoms with Crippen molar-refractivity contribution in [2.24, 2.45) is 5.92 Å². The third kappa shape index (κ3) is 1.69. The molecule has 18 heavy (non-hydrogen) atoms.